The minimum Gasteiger partial charge on any atom is -0.389 e. The molecule has 2 aromatic carbocycles. The highest BCUT2D eigenvalue weighted by molar-refractivity contribution is 9.10. The van der Waals surface area contributed by atoms with Gasteiger partial charge in [-0.25, -0.2) is 0 Å². The highest BCUT2D eigenvalue weighted by Gasteiger charge is 2.09. The fourth-order valence-electron chi connectivity index (χ4n) is 1.78. The standard InChI is InChI=1S/C8H8BrClO.C8H8BrCl/c1-5(11)8-6(9)3-2-4-7(8)10;1-2-6-7(9)4-3-5-8(6)10/h2-5,11H,1H3;3-5H,2H2,1H3. The molecule has 0 aliphatic carbocycles. The van der Waals surface area contributed by atoms with Gasteiger partial charge in [-0.1, -0.05) is 74.1 Å². The van der Waals surface area contributed by atoms with Crippen molar-refractivity contribution in [3.05, 3.63) is 66.5 Å². The van der Waals surface area contributed by atoms with Crippen LogP contribution in [0, 0.1) is 0 Å². The van der Waals surface area contributed by atoms with Crippen molar-refractivity contribution in [2.45, 2.75) is 26.4 Å². The minimum absolute atomic E-state index is 0.530. The second kappa shape index (κ2) is 9.16. The summed E-state index contributed by atoms with van der Waals surface area (Å²) in [5.41, 5.74) is 1.93. The SMILES string of the molecule is CC(O)c1c(Cl)cccc1Br.CCc1c(Cl)cccc1Br. The summed E-state index contributed by atoms with van der Waals surface area (Å²) in [6.45, 7) is 3.78. The van der Waals surface area contributed by atoms with Gasteiger partial charge in [-0.3, -0.25) is 0 Å². The van der Waals surface area contributed by atoms with E-state index in [1.165, 1.54) is 5.56 Å². The van der Waals surface area contributed by atoms with Crippen LogP contribution in [0.3, 0.4) is 0 Å². The van der Waals surface area contributed by atoms with Crippen LogP contribution in [0.2, 0.25) is 10.0 Å². The zero-order chi connectivity index (χ0) is 16.0. The van der Waals surface area contributed by atoms with Gasteiger partial charge in [-0.2, -0.15) is 0 Å². The highest BCUT2D eigenvalue weighted by atomic mass is 79.9. The van der Waals surface area contributed by atoms with Gasteiger partial charge in [0.05, 0.1) is 6.10 Å². The number of halogens is 4. The maximum absolute atomic E-state index is 9.27. The Morgan fingerprint density at radius 3 is 1.86 bits per heavy atom. The van der Waals surface area contributed by atoms with Crippen LogP contribution in [0.15, 0.2) is 45.3 Å². The average molecular weight is 455 g/mol. The highest BCUT2D eigenvalue weighted by Crippen LogP contribution is 2.29. The molecule has 1 atom stereocenters. The number of aliphatic hydroxyl groups excluding tert-OH is 1. The molecule has 1 N–H and O–H groups in total. The first-order valence-electron chi connectivity index (χ1n) is 6.43. The van der Waals surface area contributed by atoms with Gasteiger partial charge in [-0.15, -0.1) is 0 Å². The Kier molecular flexibility index (Phi) is 8.28. The lowest BCUT2D eigenvalue weighted by molar-refractivity contribution is 0.198. The van der Waals surface area contributed by atoms with Gasteiger partial charge in [0.15, 0.2) is 0 Å². The summed E-state index contributed by atoms with van der Waals surface area (Å²) in [4.78, 5) is 0. The maximum atomic E-state index is 9.27. The number of rotatable bonds is 2. The van der Waals surface area contributed by atoms with Gasteiger partial charge in [0.2, 0.25) is 0 Å². The Hall–Kier alpha value is -0.0600. The number of hydrogen-bond acceptors (Lipinski definition) is 1. The summed E-state index contributed by atoms with van der Waals surface area (Å²) in [6, 6.07) is 11.3. The minimum atomic E-state index is -0.530. The quantitative estimate of drug-likeness (QED) is 0.527. The summed E-state index contributed by atoms with van der Waals surface area (Å²) >= 11 is 18.5. The Morgan fingerprint density at radius 2 is 1.52 bits per heavy atom. The van der Waals surface area contributed by atoms with Crippen molar-refractivity contribution in [2.75, 3.05) is 0 Å². The smallest absolute Gasteiger partial charge is 0.0787 e. The molecular weight excluding hydrogens is 439 g/mol. The lowest BCUT2D eigenvalue weighted by atomic mass is 10.1. The second-order valence-corrected chi connectivity index (χ2v) is 6.89. The van der Waals surface area contributed by atoms with Crippen LogP contribution >= 0.6 is 55.1 Å². The molecule has 1 nitrogen and oxygen atoms in total. The fraction of sp³-hybridized carbons (Fsp3) is 0.250. The molecule has 0 spiro atoms. The molecule has 2 rings (SSSR count). The molecule has 2 aromatic rings. The van der Waals surface area contributed by atoms with E-state index >= 15 is 0 Å². The largest absolute Gasteiger partial charge is 0.389 e. The lowest BCUT2D eigenvalue weighted by Crippen LogP contribution is -1.93. The van der Waals surface area contributed by atoms with Crippen LogP contribution in [0.25, 0.3) is 0 Å². The van der Waals surface area contributed by atoms with E-state index < -0.39 is 6.10 Å². The Morgan fingerprint density at radius 1 is 1.00 bits per heavy atom. The van der Waals surface area contributed by atoms with E-state index in [-0.39, 0.29) is 0 Å². The molecule has 0 amide bonds. The first-order chi connectivity index (χ1) is 9.88. The van der Waals surface area contributed by atoms with Gasteiger partial charge >= 0.3 is 0 Å². The van der Waals surface area contributed by atoms with Crippen LogP contribution in [-0.4, -0.2) is 5.11 Å². The van der Waals surface area contributed by atoms with Crippen molar-refractivity contribution in [1.29, 1.82) is 0 Å². The Bertz CT molecular complexity index is 560. The molecule has 5 heteroatoms. The normalized spacial score (nSPS) is 11.6. The van der Waals surface area contributed by atoms with Crippen LogP contribution in [0.4, 0.5) is 0 Å². The molecule has 0 radical (unpaired) electrons. The van der Waals surface area contributed by atoms with E-state index in [1.807, 2.05) is 30.3 Å². The molecule has 0 saturated heterocycles. The third-order valence-electron chi connectivity index (χ3n) is 2.83. The van der Waals surface area contributed by atoms with Crippen LogP contribution in [0.1, 0.15) is 31.1 Å². The molecule has 0 heterocycles. The van der Waals surface area contributed by atoms with Crippen LogP contribution < -0.4 is 0 Å². The summed E-state index contributed by atoms with van der Waals surface area (Å²) in [5.74, 6) is 0. The second-order valence-electron chi connectivity index (χ2n) is 4.37. The van der Waals surface area contributed by atoms with Crippen molar-refractivity contribution >= 4 is 55.1 Å². The molecule has 0 bridgehead atoms. The summed E-state index contributed by atoms with van der Waals surface area (Å²) < 4.78 is 1.95. The molecule has 114 valence electrons. The molecule has 0 fully saturated rings. The summed E-state index contributed by atoms with van der Waals surface area (Å²) in [5, 5.41) is 10.7. The van der Waals surface area contributed by atoms with E-state index in [1.54, 1.807) is 13.0 Å². The lowest BCUT2D eigenvalue weighted by Gasteiger charge is -2.08. The molecule has 0 aromatic heterocycles. The molecule has 21 heavy (non-hydrogen) atoms. The number of aliphatic hydroxyl groups is 1. The molecule has 0 aliphatic heterocycles. The van der Waals surface area contributed by atoms with Gasteiger partial charge in [-0.05, 0) is 43.2 Å². The van der Waals surface area contributed by atoms with Crippen molar-refractivity contribution in [1.82, 2.24) is 0 Å². The van der Waals surface area contributed by atoms with E-state index in [2.05, 4.69) is 38.8 Å². The predicted octanol–water partition coefficient (Wildman–Crippen LogP) is 6.82. The zero-order valence-electron chi connectivity index (χ0n) is 11.7. The summed E-state index contributed by atoms with van der Waals surface area (Å²) in [7, 11) is 0. The van der Waals surface area contributed by atoms with Gasteiger partial charge in [0.25, 0.3) is 0 Å². The molecule has 0 saturated carbocycles. The predicted molar refractivity (Wildman–Crippen MR) is 98.3 cm³/mol. The summed E-state index contributed by atoms with van der Waals surface area (Å²) in [6.07, 6.45) is 0.443. The van der Waals surface area contributed by atoms with E-state index in [9.17, 15) is 5.11 Å². The molecular formula is C16H16Br2Cl2O. The number of hydrogen-bond donors (Lipinski definition) is 1. The van der Waals surface area contributed by atoms with Crippen LogP contribution in [-0.2, 0) is 6.42 Å². The van der Waals surface area contributed by atoms with Crippen molar-refractivity contribution in [2.24, 2.45) is 0 Å². The van der Waals surface area contributed by atoms with E-state index in [4.69, 9.17) is 23.2 Å². The van der Waals surface area contributed by atoms with E-state index in [0.29, 0.717) is 5.02 Å². The number of benzene rings is 2. The first-order valence-corrected chi connectivity index (χ1v) is 8.77. The van der Waals surface area contributed by atoms with Gasteiger partial charge in [0, 0.05) is 24.6 Å². The van der Waals surface area contributed by atoms with Gasteiger partial charge in [0.1, 0.15) is 0 Å². The first kappa shape index (κ1) is 19.0. The zero-order valence-corrected chi connectivity index (χ0v) is 16.4. The van der Waals surface area contributed by atoms with E-state index in [0.717, 1.165) is 26.0 Å². The van der Waals surface area contributed by atoms with Crippen LogP contribution in [0.5, 0.6) is 0 Å². The van der Waals surface area contributed by atoms with Crippen molar-refractivity contribution in [3.8, 4) is 0 Å². The van der Waals surface area contributed by atoms with Crippen molar-refractivity contribution < 1.29 is 5.11 Å². The van der Waals surface area contributed by atoms with Crippen molar-refractivity contribution in [3.63, 3.8) is 0 Å². The average Bonchev–Trinajstić information content (AvgIpc) is 2.39. The monoisotopic (exact) mass is 452 g/mol. The van der Waals surface area contributed by atoms with Gasteiger partial charge < -0.3 is 5.11 Å². The third-order valence-corrected chi connectivity index (χ3v) is 4.95. The molecule has 0 aliphatic rings. The Balaban J connectivity index is 0.000000211. The topological polar surface area (TPSA) is 20.2 Å². The fourth-order valence-corrected chi connectivity index (χ4v) is 3.99. The third kappa shape index (κ3) is 5.57. The maximum Gasteiger partial charge on any atom is 0.0787 e. The Labute approximate surface area is 152 Å². The molecule has 1 unspecified atom stereocenters.